The summed E-state index contributed by atoms with van der Waals surface area (Å²) in [5.41, 5.74) is -0.881. The molecule has 0 spiro atoms. The highest BCUT2D eigenvalue weighted by atomic mass is 35.5. The van der Waals surface area contributed by atoms with Crippen LogP contribution in [0.3, 0.4) is 0 Å². The maximum absolute atomic E-state index is 12.7. The second-order valence-corrected chi connectivity index (χ2v) is 4.37. The Labute approximate surface area is 115 Å². The standard InChI is InChI=1S/C11H7ClF3N3O2/c12-10-2-1-7(3-9(10)11(13,14)15)5-17-6-8(4-16-17)18(19)20/h1-4,6H,5H2. The van der Waals surface area contributed by atoms with Gasteiger partial charge in [-0.3, -0.25) is 14.8 Å². The molecule has 0 amide bonds. The molecule has 0 bridgehead atoms. The average molecular weight is 306 g/mol. The van der Waals surface area contributed by atoms with Gasteiger partial charge in [-0.1, -0.05) is 17.7 Å². The first-order valence-electron chi connectivity index (χ1n) is 5.30. The molecule has 0 saturated heterocycles. The van der Waals surface area contributed by atoms with Gasteiger partial charge in [0.2, 0.25) is 0 Å². The molecule has 0 aliphatic carbocycles. The van der Waals surface area contributed by atoms with E-state index in [2.05, 4.69) is 5.10 Å². The van der Waals surface area contributed by atoms with Crippen LogP contribution in [-0.2, 0) is 12.7 Å². The van der Waals surface area contributed by atoms with Gasteiger partial charge in [0, 0.05) is 0 Å². The number of nitrogens with zero attached hydrogens (tertiary/aromatic N) is 3. The van der Waals surface area contributed by atoms with Crippen LogP contribution in [0, 0.1) is 10.1 Å². The van der Waals surface area contributed by atoms with E-state index in [1.807, 2.05) is 0 Å². The van der Waals surface area contributed by atoms with Crippen molar-refractivity contribution in [3.63, 3.8) is 0 Å². The summed E-state index contributed by atoms with van der Waals surface area (Å²) in [6, 6.07) is 3.44. The smallest absolute Gasteiger partial charge is 0.261 e. The van der Waals surface area contributed by atoms with Gasteiger partial charge < -0.3 is 0 Å². The maximum Gasteiger partial charge on any atom is 0.417 e. The number of nitro groups is 1. The van der Waals surface area contributed by atoms with E-state index >= 15 is 0 Å². The zero-order chi connectivity index (χ0) is 14.9. The third kappa shape index (κ3) is 3.08. The highest BCUT2D eigenvalue weighted by molar-refractivity contribution is 6.31. The molecule has 0 aliphatic rings. The number of benzene rings is 1. The lowest BCUT2D eigenvalue weighted by molar-refractivity contribution is -0.385. The van der Waals surface area contributed by atoms with Crippen LogP contribution in [0.25, 0.3) is 0 Å². The van der Waals surface area contributed by atoms with Gasteiger partial charge in [0.1, 0.15) is 12.4 Å². The Kier molecular flexibility index (Phi) is 3.67. The minimum atomic E-state index is -4.55. The maximum atomic E-state index is 12.7. The van der Waals surface area contributed by atoms with Gasteiger partial charge in [-0.15, -0.1) is 0 Å². The zero-order valence-electron chi connectivity index (χ0n) is 9.76. The van der Waals surface area contributed by atoms with E-state index in [4.69, 9.17) is 11.6 Å². The summed E-state index contributed by atoms with van der Waals surface area (Å²) in [4.78, 5) is 9.85. The molecule has 0 fully saturated rings. The minimum absolute atomic E-state index is 0.0198. The molecule has 1 aromatic carbocycles. The predicted molar refractivity (Wildman–Crippen MR) is 64.4 cm³/mol. The van der Waals surface area contributed by atoms with Gasteiger partial charge >= 0.3 is 11.9 Å². The molecule has 0 aliphatic heterocycles. The summed E-state index contributed by atoms with van der Waals surface area (Å²) in [5, 5.41) is 13.8. The second kappa shape index (κ2) is 5.12. The molecule has 1 aromatic heterocycles. The summed E-state index contributed by atoms with van der Waals surface area (Å²) in [7, 11) is 0. The summed E-state index contributed by atoms with van der Waals surface area (Å²) >= 11 is 5.50. The molecule has 0 N–H and O–H groups in total. The van der Waals surface area contributed by atoms with E-state index in [0.717, 1.165) is 24.5 Å². The Bertz CT molecular complexity index is 655. The van der Waals surface area contributed by atoms with Crippen LogP contribution in [0.4, 0.5) is 18.9 Å². The van der Waals surface area contributed by atoms with Gasteiger partial charge in [0.05, 0.1) is 22.1 Å². The Morgan fingerprint density at radius 1 is 1.40 bits per heavy atom. The SMILES string of the molecule is O=[N+]([O-])c1cnn(Cc2ccc(Cl)c(C(F)(F)F)c2)c1. The molecule has 1 heterocycles. The van der Waals surface area contributed by atoms with E-state index in [-0.39, 0.29) is 12.2 Å². The average Bonchev–Trinajstić information content (AvgIpc) is 2.79. The first kappa shape index (κ1) is 14.3. The first-order valence-corrected chi connectivity index (χ1v) is 5.67. The predicted octanol–water partition coefficient (Wildman–Crippen LogP) is 3.51. The molecule has 9 heteroatoms. The third-order valence-corrected chi connectivity index (χ3v) is 2.84. The van der Waals surface area contributed by atoms with E-state index in [1.165, 1.54) is 10.7 Å². The molecule has 0 saturated carbocycles. The third-order valence-electron chi connectivity index (χ3n) is 2.51. The van der Waals surface area contributed by atoms with Crippen molar-refractivity contribution in [3.05, 3.63) is 56.9 Å². The highest BCUT2D eigenvalue weighted by Crippen LogP contribution is 2.35. The zero-order valence-corrected chi connectivity index (χ0v) is 10.5. The monoisotopic (exact) mass is 305 g/mol. The fourth-order valence-corrected chi connectivity index (χ4v) is 1.83. The van der Waals surface area contributed by atoms with E-state index < -0.39 is 21.7 Å². The van der Waals surface area contributed by atoms with Crippen LogP contribution in [0.2, 0.25) is 5.02 Å². The van der Waals surface area contributed by atoms with Crippen molar-refractivity contribution >= 4 is 17.3 Å². The lowest BCUT2D eigenvalue weighted by Crippen LogP contribution is -2.08. The largest absolute Gasteiger partial charge is 0.417 e. The number of alkyl halides is 3. The normalized spacial score (nSPS) is 11.6. The van der Waals surface area contributed by atoms with Crippen molar-refractivity contribution in [1.82, 2.24) is 9.78 Å². The van der Waals surface area contributed by atoms with E-state index in [9.17, 15) is 23.3 Å². The Morgan fingerprint density at radius 2 is 2.10 bits per heavy atom. The Balaban J connectivity index is 2.27. The lowest BCUT2D eigenvalue weighted by atomic mass is 10.1. The molecule has 106 valence electrons. The molecule has 0 atom stereocenters. The quantitative estimate of drug-likeness (QED) is 0.644. The molecule has 0 radical (unpaired) electrons. The molecular weight excluding hydrogens is 299 g/mol. The van der Waals surface area contributed by atoms with Gasteiger partial charge in [-0.25, -0.2) is 0 Å². The fraction of sp³-hybridized carbons (Fsp3) is 0.182. The van der Waals surface area contributed by atoms with Crippen LogP contribution in [0.1, 0.15) is 11.1 Å². The van der Waals surface area contributed by atoms with Gasteiger partial charge in [0.25, 0.3) is 0 Å². The van der Waals surface area contributed by atoms with Crippen LogP contribution >= 0.6 is 11.6 Å². The molecule has 2 rings (SSSR count). The van der Waals surface area contributed by atoms with Gasteiger partial charge in [-0.05, 0) is 17.7 Å². The van der Waals surface area contributed by atoms with Gasteiger partial charge in [0.15, 0.2) is 0 Å². The number of aromatic nitrogens is 2. The van der Waals surface area contributed by atoms with Crippen molar-refractivity contribution in [2.75, 3.05) is 0 Å². The topological polar surface area (TPSA) is 61.0 Å². The number of halogens is 4. The number of rotatable bonds is 3. The van der Waals surface area contributed by atoms with Crippen molar-refractivity contribution in [1.29, 1.82) is 0 Å². The van der Waals surface area contributed by atoms with Crippen LogP contribution in [0.5, 0.6) is 0 Å². The summed E-state index contributed by atoms with van der Waals surface area (Å²) < 4.78 is 39.2. The second-order valence-electron chi connectivity index (χ2n) is 3.97. The summed E-state index contributed by atoms with van der Waals surface area (Å²) in [5.74, 6) is 0. The lowest BCUT2D eigenvalue weighted by Gasteiger charge is -2.10. The van der Waals surface area contributed by atoms with Crippen molar-refractivity contribution < 1.29 is 18.1 Å². The van der Waals surface area contributed by atoms with Crippen molar-refractivity contribution in [3.8, 4) is 0 Å². The molecule has 5 nitrogen and oxygen atoms in total. The highest BCUT2D eigenvalue weighted by Gasteiger charge is 2.33. The van der Waals surface area contributed by atoms with Crippen LogP contribution in [-0.4, -0.2) is 14.7 Å². The summed E-state index contributed by atoms with van der Waals surface area (Å²) in [6.07, 6.45) is -2.38. The van der Waals surface area contributed by atoms with Crippen molar-refractivity contribution in [2.45, 2.75) is 12.7 Å². The first-order chi connectivity index (χ1) is 9.27. The van der Waals surface area contributed by atoms with Crippen LogP contribution < -0.4 is 0 Å². The van der Waals surface area contributed by atoms with Gasteiger partial charge in [-0.2, -0.15) is 18.3 Å². The number of hydrogen-bond donors (Lipinski definition) is 0. The van der Waals surface area contributed by atoms with E-state index in [0.29, 0.717) is 5.56 Å². The van der Waals surface area contributed by atoms with E-state index in [1.54, 1.807) is 0 Å². The van der Waals surface area contributed by atoms with Crippen molar-refractivity contribution in [2.24, 2.45) is 0 Å². The molecule has 20 heavy (non-hydrogen) atoms. The Morgan fingerprint density at radius 3 is 2.65 bits per heavy atom. The molecular formula is C11H7ClF3N3O2. The Hall–Kier alpha value is -2.09. The van der Waals surface area contributed by atoms with Crippen LogP contribution in [0.15, 0.2) is 30.6 Å². The number of hydrogen-bond acceptors (Lipinski definition) is 3. The minimum Gasteiger partial charge on any atom is -0.261 e. The molecule has 0 unspecified atom stereocenters. The molecule has 2 aromatic rings. The fourth-order valence-electron chi connectivity index (χ4n) is 1.61. The summed E-state index contributed by atoms with van der Waals surface area (Å²) in [6.45, 7) is -0.0198.